The molecular weight excluding hydrogens is 490 g/mol. The molecule has 0 spiro atoms. The van der Waals surface area contributed by atoms with Gasteiger partial charge in [0.05, 0.1) is 29.0 Å². The molecule has 0 bridgehead atoms. The molecule has 0 atom stereocenters. The van der Waals surface area contributed by atoms with E-state index in [0.717, 1.165) is 26.7 Å². The maximum Gasteiger partial charge on any atom is 0.336 e. The minimum atomic E-state index is -0.542. The zero-order chi connectivity index (χ0) is 26.0. The summed E-state index contributed by atoms with van der Waals surface area (Å²) in [6.07, 6.45) is 0. The molecule has 0 unspecified atom stereocenters. The third-order valence-corrected chi connectivity index (χ3v) is 6.98. The van der Waals surface area contributed by atoms with Crippen LogP contribution >= 0.6 is 11.6 Å². The van der Waals surface area contributed by atoms with Crippen molar-refractivity contribution in [2.24, 2.45) is 7.05 Å². The zero-order valence-electron chi connectivity index (χ0n) is 20.4. The fourth-order valence-electron chi connectivity index (χ4n) is 5.06. The van der Waals surface area contributed by atoms with Crippen molar-refractivity contribution < 1.29 is 0 Å². The van der Waals surface area contributed by atoms with Gasteiger partial charge < -0.3 is 4.57 Å². The lowest BCUT2D eigenvalue weighted by atomic mass is 10.1. The number of aryl methyl sites for hydroxylation is 3. The van der Waals surface area contributed by atoms with Crippen LogP contribution in [0.25, 0.3) is 33.3 Å². The summed E-state index contributed by atoms with van der Waals surface area (Å²) in [5.74, 6) is 0. The lowest BCUT2D eigenvalue weighted by Crippen LogP contribution is -2.39. The second-order valence-corrected chi connectivity index (χ2v) is 9.65. The molecule has 0 aliphatic rings. The van der Waals surface area contributed by atoms with Gasteiger partial charge in [-0.25, -0.2) is 14.3 Å². The molecule has 37 heavy (non-hydrogen) atoms. The Labute approximate surface area is 215 Å². The van der Waals surface area contributed by atoms with E-state index in [2.05, 4.69) is 4.98 Å². The monoisotopic (exact) mass is 511 g/mol. The normalized spacial score (nSPS) is 11.7. The smallest absolute Gasteiger partial charge is 0.336 e. The summed E-state index contributed by atoms with van der Waals surface area (Å²) in [4.78, 5) is 45.5. The van der Waals surface area contributed by atoms with E-state index in [1.165, 1.54) is 15.0 Å². The summed E-state index contributed by atoms with van der Waals surface area (Å²) >= 11 is 6.21. The lowest BCUT2D eigenvalue weighted by Gasteiger charge is -2.14. The molecule has 184 valence electrons. The van der Waals surface area contributed by atoms with Gasteiger partial charge in [-0.3, -0.25) is 18.6 Å². The molecule has 0 N–H and O–H groups in total. The van der Waals surface area contributed by atoms with Gasteiger partial charge in [-0.15, -0.1) is 0 Å². The minimum absolute atomic E-state index is 0.00289. The number of hydrogen-bond acceptors (Lipinski definition) is 4. The number of halogens is 1. The first-order chi connectivity index (χ1) is 17.7. The largest absolute Gasteiger partial charge is 0.338 e. The SMILES string of the molecule is Cc1ccc2c(c1)c1c(c(=O)n(-c3cccc(Cl)c3)c(=O)n1Cc1cc(=O)n3c(C)cccc3n1)n2C. The number of hydrogen-bond donors (Lipinski definition) is 0. The third kappa shape index (κ3) is 3.52. The molecule has 0 aliphatic carbocycles. The van der Waals surface area contributed by atoms with Crippen molar-refractivity contribution >= 4 is 39.2 Å². The van der Waals surface area contributed by atoms with Crippen molar-refractivity contribution in [2.45, 2.75) is 20.4 Å². The van der Waals surface area contributed by atoms with Crippen LogP contribution in [-0.2, 0) is 13.6 Å². The zero-order valence-corrected chi connectivity index (χ0v) is 21.2. The van der Waals surface area contributed by atoms with Crippen molar-refractivity contribution in [3.05, 3.63) is 120 Å². The maximum absolute atomic E-state index is 14.0. The fourth-order valence-corrected chi connectivity index (χ4v) is 5.25. The van der Waals surface area contributed by atoms with Gasteiger partial charge in [0.1, 0.15) is 11.2 Å². The fraction of sp³-hybridized carbons (Fsp3) is 0.143. The molecule has 0 radical (unpaired) electrons. The van der Waals surface area contributed by atoms with Crippen LogP contribution < -0.4 is 16.8 Å². The molecule has 0 saturated heterocycles. The maximum atomic E-state index is 14.0. The van der Waals surface area contributed by atoms with Gasteiger partial charge in [0.15, 0.2) is 0 Å². The van der Waals surface area contributed by atoms with Crippen LogP contribution in [-0.4, -0.2) is 23.1 Å². The summed E-state index contributed by atoms with van der Waals surface area (Å²) in [6.45, 7) is 3.80. The highest BCUT2D eigenvalue weighted by molar-refractivity contribution is 6.30. The van der Waals surface area contributed by atoms with E-state index < -0.39 is 11.2 Å². The van der Waals surface area contributed by atoms with Gasteiger partial charge in [-0.05, 0) is 56.3 Å². The first kappa shape index (κ1) is 23.0. The summed E-state index contributed by atoms with van der Waals surface area (Å²) in [6, 6.07) is 19.3. The molecule has 8 nitrogen and oxygen atoms in total. The van der Waals surface area contributed by atoms with Gasteiger partial charge >= 0.3 is 5.69 Å². The molecule has 0 amide bonds. The van der Waals surface area contributed by atoms with Crippen molar-refractivity contribution in [1.29, 1.82) is 0 Å². The molecule has 2 aromatic carbocycles. The molecule has 9 heteroatoms. The number of pyridine rings is 1. The second kappa shape index (κ2) is 8.31. The molecule has 0 saturated carbocycles. The lowest BCUT2D eigenvalue weighted by molar-refractivity contribution is 0.698. The molecule has 4 heterocycles. The molecule has 0 fully saturated rings. The Balaban J connectivity index is 1.73. The van der Waals surface area contributed by atoms with Gasteiger partial charge in [0, 0.05) is 29.2 Å². The van der Waals surface area contributed by atoms with Crippen LogP contribution in [0, 0.1) is 13.8 Å². The average Bonchev–Trinajstić information content (AvgIpc) is 3.13. The van der Waals surface area contributed by atoms with E-state index in [4.69, 9.17) is 11.6 Å². The van der Waals surface area contributed by atoms with E-state index in [1.54, 1.807) is 34.9 Å². The highest BCUT2D eigenvalue weighted by Crippen LogP contribution is 2.27. The van der Waals surface area contributed by atoms with Crippen molar-refractivity contribution in [2.75, 3.05) is 0 Å². The Bertz CT molecular complexity index is 2080. The van der Waals surface area contributed by atoms with Crippen LogP contribution in [0.1, 0.15) is 17.0 Å². The van der Waals surface area contributed by atoms with Gasteiger partial charge in [-0.2, -0.15) is 0 Å². The Morgan fingerprint density at radius 2 is 1.68 bits per heavy atom. The van der Waals surface area contributed by atoms with Gasteiger partial charge in [0.25, 0.3) is 11.1 Å². The van der Waals surface area contributed by atoms with E-state index >= 15 is 0 Å². The number of aromatic nitrogens is 5. The number of nitrogens with zero attached hydrogens (tertiary/aromatic N) is 5. The van der Waals surface area contributed by atoms with Crippen molar-refractivity contribution in [1.82, 2.24) is 23.1 Å². The highest BCUT2D eigenvalue weighted by atomic mass is 35.5. The topological polar surface area (TPSA) is 83.3 Å². The number of fused-ring (bicyclic) bond motifs is 4. The molecule has 6 aromatic rings. The van der Waals surface area contributed by atoms with Crippen LogP contribution in [0.2, 0.25) is 5.02 Å². The van der Waals surface area contributed by atoms with Gasteiger partial charge in [0.2, 0.25) is 0 Å². The molecule has 6 rings (SSSR count). The second-order valence-electron chi connectivity index (χ2n) is 9.21. The summed E-state index contributed by atoms with van der Waals surface area (Å²) in [7, 11) is 1.81. The van der Waals surface area contributed by atoms with E-state index in [-0.39, 0.29) is 12.1 Å². The Morgan fingerprint density at radius 3 is 2.46 bits per heavy atom. The third-order valence-electron chi connectivity index (χ3n) is 6.75. The highest BCUT2D eigenvalue weighted by Gasteiger charge is 2.22. The molecular formula is C28H22ClN5O3. The van der Waals surface area contributed by atoms with E-state index in [1.807, 2.05) is 51.2 Å². The van der Waals surface area contributed by atoms with Crippen molar-refractivity contribution in [3.63, 3.8) is 0 Å². The molecule has 4 aromatic heterocycles. The number of benzene rings is 2. The van der Waals surface area contributed by atoms with Crippen LogP contribution in [0.5, 0.6) is 0 Å². The first-order valence-corrected chi connectivity index (χ1v) is 12.1. The standard InChI is InChI=1S/C28H22ClN5O3/c1-16-10-11-22-21(12-16)25-26(31(22)3)27(36)34(20-8-5-7-18(29)13-20)28(37)32(25)15-19-14-24(35)33-17(2)6-4-9-23(33)30-19/h4-14H,15H2,1-3H3. The summed E-state index contributed by atoms with van der Waals surface area (Å²) in [5, 5.41) is 1.18. The Hall–Kier alpha value is -4.43. The first-order valence-electron chi connectivity index (χ1n) is 11.7. The quantitative estimate of drug-likeness (QED) is 0.360. The van der Waals surface area contributed by atoms with Crippen LogP contribution in [0.3, 0.4) is 0 Å². The Morgan fingerprint density at radius 1 is 0.892 bits per heavy atom. The van der Waals surface area contributed by atoms with E-state index in [9.17, 15) is 14.4 Å². The minimum Gasteiger partial charge on any atom is -0.338 e. The molecule has 0 aliphatic heterocycles. The summed E-state index contributed by atoms with van der Waals surface area (Å²) in [5.41, 5.74) is 3.49. The van der Waals surface area contributed by atoms with Crippen LogP contribution in [0.15, 0.2) is 81.1 Å². The predicted octanol–water partition coefficient (Wildman–Crippen LogP) is 3.97. The average molecular weight is 512 g/mol. The number of rotatable bonds is 3. The van der Waals surface area contributed by atoms with Crippen molar-refractivity contribution in [3.8, 4) is 5.69 Å². The predicted molar refractivity (Wildman–Crippen MR) is 145 cm³/mol. The van der Waals surface area contributed by atoms with E-state index in [0.29, 0.717) is 33.1 Å². The van der Waals surface area contributed by atoms with Gasteiger partial charge in [-0.1, -0.05) is 35.4 Å². The Kier molecular flexibility index (Phi) is 5.17. The summed E-state index contributed by atoms with van der Waals surface area (Å²) < 4.78 is 5.97. The van der Waals surface area contributed by atoms with Crippen LogP contribution in [0.4, 0.5) is 0 Å².